The Bertz CT molecular complexity index is 743. The van der Waals surface area contributed by atoms with Crippen molar-refractivity contribution in [3.8, 4) is 0 Å². The molecule has 126 valence electrons. The van der Waals surface area contributed by atoms with Crippen LogP contribution in [0.1, 0.15) is 13.3 Å². The van der Waals surface area contributed by atoms with Gasteiger partial charge in [0.25, 0.3) is 0 Å². The molecule has 2 aliphatic heterocycles. The quantitative estimate of drug-likeness (QED) is 0.615. The minimum atomic E-state index is -1.49. The molecule has 7 heteroatoms. The minimum Gasteiger partial charge on any atom is -0.463 e. The Balaban J connectivity index is 2.04. The van der Waals surface area contributed by atoms with Gasteiger partial charge < -0.3 is 9.64 Å². The number of hydrogen-bond donors (Lipinski definition) is 0. The first kappa shape index (κ1) is 16.6. The van der Waals surface area contributed by atoms with Crippen LogP contribution in [0.5, 0.6) is 0 Å². The van der Waals surface area contributed by atoms with Crippen molar-refractivity contribution in [2.45, 2.75) is 25.7 Å². The fourth-order valence-electron chi connectivity index (χ4n) is 2.69. The van der Waals surface area contributed by atoms with Crippen LogP contribution in [0.2, 0.25) is 0 Å². The third-order valence-electron chi connectivity index (χ3n) is 3.78. The molecule has 24 heavy (non-hydrogen) atoms. The maximum Gasteiger partial charge on any atom is 0.335 e. The van der Waals surface area contributed by atoms with E-state index in [4.69, 9.17) is 16.3 Å². The lowest BCUT2D eigenvalue weighted by molar-refractivity contribution is -0.138. The van der Waals surface area contributed by atoms with E-state index < -0.39 is 18.3 Å². The number of allylic oxidation sites excluding steroid dienone is 1. The highest BCUT2D eigenvalue weighted by atomic mass is 35.5. The van der Waals surface area contributed by atoms with Gasteiger partial charge in [0, 0.05) is 18.3 Å². The summed E-state index contributed by atoms with van der Waals surface area (Å²) in [5.41, 5.74) is 1.60. The zero-order valence-electron chi connectivity index (χ0n) is 12.9. The summed E-state index contributed by atoms with van der Waals surface area (Å²) in [5.74, 6) is -0.852. The fourth-order valence-corrected chi connectivity index (χ4v) is 2.84. The van der Waals surface area contributed by atoms with Gasteiger partial charge in [0.05, 0.1) is 12.2 Å². The summed E-state index contributed by atoms with van der Waals surface area (Å²) in [5, 5.41) is -0.149. The second-order valence-electron chi connectivity index (χ2n) is 5.40. The summed E-state index contributed by atoms with van der Waals surface area (Å²) in [6.07, 6.45) is 1.14. The molecule has 2 unspecified atom stereocenters. The zero-order chi connectivity index (χ0) is 17.3. The first-order valence-corrected chi connectivity index (χ1v) is 7.87. The maximum absolute atomic E-state index is 13.9. The van der Waals surface area contributed by atoms with Crippen LogP contribution in [0.3, 0.4) is 0 Å². The molecule has 0 aliphatic carbocycles. The van der Waals surface area contributed by atoms with Crippen LogP contribution in [-0.2, 0) is 9.53 Å². The topological polar surface area (TPSA) is 41.9 Å². The number of rotatable bonds is 3. The smallest absolute Gasteiger partial charge is 0.335 e. The molecule has 0 spiro atoms. The van der Waals surface area contributed by atoms with Crippen LogP contribution in [0.25, 0.3) is 0 Å². The summed E-state index contributed by atoms with van der Waals surface area (Å²) >= 11 is 5.85. The SMILES string of the molecule is CCOC(=O)C1=CN(c2ccc(F)cc2)C2N=C(Cl)C(F)C=C2C1. The standard InChI is InChI=1S/C17H15ClF2N2O2/c1-2-24-17(23)11-7-10-8-14(20)15(18)21-16(10)22(9-11)13-5-3-12(19)4-6-13/h3-6,8-9,14,16H,2,7H2,1H3. The van der Waals surface area contributed by atoms with Crippen LogP contribution in [0, 0.1) is 5.82 Å². The number of anilines is 1. The highest BCUT2D eigenvalue weighted by Crippen LogP contribution is 2.35. The number of carbonyl (C=O) groups is 1. The number of esters is 1. The second-order valence-corrected chi connectivity index (χ2v) is 5.79. The molecule has 4 nitrogen and oxygen atoms in total. The van der Waals surface area contributed by atoms with Gasteiger partial charge in [-0.05, 0) is 42.8 Å². The number of halogens is 3. The Morgan fingerprint density at radius 3 is 2.79 bits per heavy atom. The molecule has 3 rings (SSSR count). The predicted molar refractivity (Wildman–Crippen MR) is 88.3 cm³/mol. The summed E-state index contributed by atoms with van der Waals surface area (Å²) in [6, 6.07) is 5.72. The van der Waals surface area contributed by atoms with Crippen LogP contribution < -0.4 is 4.90 Å². The van der Waals surface area contributed by atoms with Crippen molar-refractivity contribution in [1.82, 2.24) is 0 Å². The van der Waals surface area contributed by atoms with E-state index in [0.717, 1.165) is 0 Å². The first-order chi connectivity index (χ1) is 11.5. The van der Waals surface area contributed by atoms with E-state index in [9.17, 15) is 13.6 Å². The number of ether oxygens (including phenoxy) is 1. The van der Waals surface area contributed by atoms with E-state index in [0.29, 0.717) is 16.8 Å². The van der Waals surface area contributed by atoms with Crippen molar-refractivity contribution in [3.05, 3.63) is 53.5 Å². The highest BCUT2D eigenvalue weighted by molar-refractivity contribution is 6.66. The largest absolute Gasteiger partial charge is 0.463 e. The molecule has 2 atom stereocenters. The summed E-state index contributed by atoms with van der Waals surface area (Å²) < 4.78 is 32.1. The second kappa shape index (κ2) is 6.73. The van der Waals surface area contributed by atoms with E-state index in [1.807, 2.05) is 0 Å². The number of alkyl halides is 1. The molecule has 0 fully saturated rings. The fraction of sp³-hybridized carbons (Fsp3) is 0.294. The molecule has 0 N–H and O–H groups in total. The van der Waals surface area contributed by atoms with Crippen LogP contribution in [0.4, 0.5) is 14.5 Å². The predicted octanol–water partition coefficient (Wildman–Crippen LogP) is 3.72. The van der Waals surface area contributed by atoms with Crippen molar-refractivity contribution >= 4 is 28.4 Å². The van der Waals surface area contributed by atoms with E-state index in [2.05, 4.69) is 4.99 Å². The lowest BCUT2D eigenvalue weighted by Crippen LogP contribution is -2.39. The number of hydrogen-bond acceptors (Lipinski definition) is 4. The average molecular weight is 353 g/mol. The van der Waals surface area contributed by atoms with Crippen molar-refractivity contribution < 1.29 is 18.3 Å². The number of carbonyl (C=O) groups excluding carboxylic acids is 1. The van der Waals surface area contributed by atoms with E-state index in [1.54, 1.807) is 30.2 Å². The Hall–Kier alpha value is -2.21. The lowest BCUT2D eigenvalue weighted by atomic mass is 9.95. The summed E-state index contributed by atoms with van der Waals surface area (Å²) in [4.78, 5) is 17.9. The molecular formula is C17H15ClF2N2O2. The first-order valence-electron chi connectivity index (χ1n) is 7.49. The Kier molecular flexibility index (Phi) is 4.66. The third kappa shape index (κ3) is 3.19. The Labute approximate surface area is 143 Å². The van der Waals surface area contributed by atoms with Crippen LogP contribution in [-0.4, -0.2) is 30.1 Å². The summed E-state index contributed by atoms with van der Waals surface area (Å²) in [7, 11) is 0. The molecule has 2 heterocycles. The van der Waals surface area contributed by atoms with E-state index in [1.165, 1.54) is 18.2 Å². The van der Waals surface area contributed by atoms with Crippen molar-refractivity contribution in [2.75, 3.05) is 11.5 Å². The molecule has 0 saturated heterocycles. The molecule has 1 aromatic rings. The average Bonchev–Trinajstić information content (AvgIpc) is 2.56. The van der Waals surface area contributed by atoms with Gasteiger partial charge in [-0.1, -0.05) is 11.6 Å². The lowest BCUT2D eigenvalue weighted by Gasteiger charge is -2.36. The number of fused-ring (bicyclic) bond motifs is 1. The molecule has 0 bridgehead atoms. The van der Waals surface area contributed by atoms with Gasteiger partial charge in [-0.15, -0.1) is 0 Å². The maximum atomic E-state index is 13.9. The van der Waals surface area contributed by atoms with Gasteiger partial charge in [0.2, 0.25) is 0 Å². The Morgan fingerprint density at radius 1 is 1.42 bits per heavy atom. The third-order valence-corrected chi connectivity index (χ3v) is 4.09. The van der Waals surface area contributed by atoms with Gasteiger partial charge in [-0.25, -0.2) is 18.6 Å². The van der Waals surface area contributed by atoms with Gasteiger partial charge in [-0.3, -0.25) is 0 Å². The molecule has 2 aliphatic rings. The van der Waals surface area contributed by atoms with Gasteiger partial charge >= 0.3 is 5.97 Å². The van der Waals surface area contributed by atoms with E-state index >= 15 is 0 Å². The number of benzene rings is 1. The molecule has 1 aromatic carbocycles. The number of nitrogens with zero attached hydrogens (tertiary/aromatic N) is 2. The highest BCUT2D eigenvalue weighted by Gasteiger charge is 2.34. The van der Waals surface area contributed by atoms with Crippen LogP contribution in [0.15, 0.2) is 52.7 Å². The van der Waals surface area contributed by atoms with Gasteiger partial charge in [0.1, 0.15) is 17.2 Å². The Morgan fingerprint density at radius 2 is 2.12 bits per heavy atom. The number of dihydropyridines is 1. The summed E-state index contributed by atoms with van der Waals surface area (Å²) in [6.45, 7) is 1.95. The molecule has 0 amide bonds. The molecule has 0 saturated carbocycles. The molecule has 0 aromatic heterocycles. The minimum absolute atomic E-state index is 0.149. The molecular weight excluding hydrogens is 338 g/mol. The number of aliphatic imine (C=N–C) groups is 1. The normalized spacial score (nSPS) is 23.0. The van der Waals surface area contributed by atoms with Crippen molar-refractivity contribution in [1.29, 1.82) is 0 Å². The van der Waals surface area contributed by atoms with Crippen LogP contribution >= 0.6 is 11.6 Å². The van der Waals surface area contributed by atoms with Crippen molar-refractivity contribution in [2.24, 2.45) is 4.99 Å². The molecule has 0 radical (unpaired) electrons. The van der Waals surface area contributed by atoms with E-state index in [-0.39, 0.29) is 24.0 Å². The van der Waals surface area contributed by atoms with Crippen molar-refractivity contribution in [3.63, 3.8) is 0 Å². The van der Waals surface area contributed by atoms with Gasteiger partial charge in [-0.2, -0.15) is 0 Å². The van der Waals surface area contributed by atoms with Gasteiger partial charge in [0.15, 0.2) is 6.17 Å². The zero-order valence-corrected chi connectivity index (χ0v) is 13.6. The monoisotopic (exact) mass is 352 g/mol.